The third-order valence-electron chi connectivity index (χ3n) is 3.08. The number of nitrogens with two attached hydrogens (primary N) is 2. The molecule has 0 saturated heterocycles. The van der Waals surface area contributed by atoms with E-state index in [1.165, 1.54) is 12.8 Å². The minimum atomic E-state index is -0.533. The Morgan fingerprint density at radius 2 is 2.35 bits per heavy atom. The molecule has 5 nitrogen and oxygen atoms in total. The highest BCUT2D eigenvalue weighted by molar-refractivity contribution is 5.91. The van der Waals surface area contributed by atoms with Gasteiger partial charge in [-0.15, -0.1) is 0 Å². The normalized spacial score (nSPS) is 22.2. The Kier molecular flexibility index (Phi) is 3.17. The third kappa shape index (κ3) is 2.67. The standard InChI is InChI=1S/C12H18N4O/c1-2-3-7-6-10(7)16-12-8(13)4-5-9(15-12)11(14)17/h4-5,7,10H,2-3,6,13H2,1H3,(H2,14,17)(H,15,16). The average Bonchev–Trinajstić information content (AvgIpc) is 3.00. The van der Waals surface area contributed by atoms with E-state index in [0.717, 1.165) is 6.42 Å². The second kappa shape index (κ2) is 4.61. The monoisotopic (exact) mass is 234 g/mol. The van der Waals surface area contributed by atoms with E-state index < -0.39 is 5.91 Å². The fourth-order valence-electron chi connectivity index (χ4n) is 2.01. The molecule has 17 heavy (non-hydrogen) atoms. The van der Waals surface area contributed by atoms with Crippen LogP contribution in [0.2, 0.25) is 0 Å². The van der Waals surface area contributed by atoms with Gasteiger partial charge < -0.3 is 16.8 Å². The smallest absolute Gasteiger partial charge is 0.267 e. The zero-order chi connectivity index (χ0) is 12.4. The van der Waals surface area contributed by atoms with Crippen molar-refractivity contribution >= 4 is 17.4 Å². The molecule has 2 atom stereocenters. The van der Waals surface area contributed by atoms with Gasteiger partial charge in [-0.2, -0.15) is 0 Å². The molecule has 5 N–H and O–H groups in total. The van der Waals surface area contributed by atoms with Gasteiger partial charge in [0.1, 0.15) is 11.5 Å². The van der Waals surface area contributed by atoms with Crippen LogP contribution in [0.25, 0.3) is 0 Å². The molecule has 1 fully saturated rings. The number of pyridine rings is 1. The van der Waals surface area contributed by atoms with E-state index in [1.807, 2.05) is 0 Å². The summed E-state index contributed by atoms with van der Waals surface area (Å²) in [6, 6.07) is 3.64. The first-order chi connectivity index (χ1) is 8.11. The van der Waals surface area contributed by atoms with Crippen LogP contribution in [-0.4, -0.2) is 16.9 Å². The summed E-state index contributed by atoms with van der Waals surface area (Å²) >= 11 is 0. The molecule has 1 aromatic rings. The molecule has 0 bridgehead atoms. The maximum absolute atomic E-state index is 11.0. The number of primary amides is 1. The predicted octanol–water partition coefficient (Wildman–Crippen LogP) is 1.36. The second-order valence-corrected chi connectivity index (χ2v) is 4.53. The number of hydrogen-bond donors (Lipinski definition) is 3. The predicted molar refractivity (Wildman–Crippen MR) is 67.6 cm³/mol. The number of hydrogen-bond acceptors (Lipinski definition) is 4. The van der Waals surface area contributed by atoms with Crippen molar-refractivity contribution in [2.24, 2.45) is 11.7 Å². The fourth-order valence-corrected chi connectivity index (χ4v) is 2.01. The van der Waals surface area contributed by atoms with Gasteiger partial charge in [-0.1, -0.05) is 13.3 Å². The van der Waals surface area contributed by atoms with Crippen LogP contribution in [0.5, 0.6) is 0 Å². The lowest BCUT2D eigenvalue weighted by Gasteiger charge is -2.08. The Hall–Kier alpha value is -1.78. The molecule has 0 aliphatic heterocycles. The quantitative estimate of drug-likeness (QED) is 0.717. The molecule has 1 aromatic heterocycles. The lowest BCUT2D eigenvalue weighted by atomic mass is 10.2. The van der Waals surface area contributed by atoms with Gasteiger partial charge in [0.2, 0.25) is 0 Å². The number of nitrogens with zero attached hydrogens (tertiary/aromatic N) is 1. The van der Waals surface area contributed by atoms with Crippen LogP contribution in [0.4, 0.5) is 11.5 Å². The van der Waals surface area contributed by atoms with E-state index in [0.29, 0.717) is 23.5 Å². The minimum absolute atomic E-state index is 0.245. The van der Waals surface area contributed by atoms with Crippen LogP contribution in [0, 0.1) is 5.92 Å². The van der Waals surface area contributed by atoms with Crippen LogP contribution in [-0.2, 0) is 0 Å². The zero-order valence-electron chi connectivity index (χ0n) is 9.94. The van der Waals surface area contributed by atoms with Crippen molar-refractivity contribution in [2.45, 2.75) is 32.2 Å². The van der Waals surface area contributed by atoms with Gasteiger partial charge in [0, 0.05) is 6.04 Å². The van der Waals surface area contributed by atoms with Gasteiger partial charge in [-0.25, -0.2) is 4.98 Å². The van der Waals surface area contributed by atoms with Crippen molar-refractivity contribution in [3.8, 4) is 0 Å². The lowest BCUT2D eigenvalue weighted by Crippen LogP contribution is -2.16. The number of nitrogens with one attached hydrogen (secondary N) is 1. The number of carbonyl (C=O) groups is 1. The van der Waals surface area contributed by atoms with Crippen LogP contribution >= 0.6 is 0 Å². The Morgan fingerprint density at radius 1 is 1.59 bits per heavy atom. The van der Waals surface area contributed by atoms with Gasteiger partial charge in [-0.3, -0.25) is 4.79 Å². The second-order valence-electron chi connectivity index (χ2n) is 4.53. The van der Waals surface area contributed by atoms with Gasteiger partial charge in [0.05, 0.1) is 5.69 Å². The van der Waals surface area contributed by atoms with Gasteiger partial charge in [0.15, 0.2) is 0 Å². The summed E-state index contributed by atoms with van der Waals surface area (Å²) in [5.41, 5.74) is 11.8. The third-order valence-corrected chi connectivity index (χ3v) is 3.08. The van der Waals surface area contributed by atoms with Crippen molar-refractivity contribution in [3.05, 3.63) is 17.8 Å². The van der Waals surface area contributed by atoms with E-state index in [9.17, 15) is 4.79 Å². The summed E-state index contributed by atoms with van der Waals surface area (Å²) in [5.74, 6) is 0.747. The molecule has 5 heteroatoms. The largest absolute Gasteiger partial charge is 0.396 e. The van der Waals surface area contributed by atoms with Gasteiger partial charge >= 0.3 is 0 Å². The van der Waals surface area contributed by atoms with Gasteiger partial charge in [-0.05, 0) is 30.9 Å². The Labute approximate surface area is 101 Å². The fraction of sp³-hybridized carbons (Fsp3) is 0.500. The molecule has 1 heterocycles. The SMILES string of the molecule is CCCC1CC1Nc1nc(C(N)=O)ccc1N. The van der Waals surface area contributed by atoms with Crippen LogP contribution in [0.1, 0.15) is 36.7 Å². The van der Waals surface area contributed by atoms with Crippen LogP contribution < -0.4 is 16.8 Å². The first-order valence-corrected chi connectivity index (χ1v) is 5.94. The minimum Gasteiger partial charge on any atom is -0.396 e. The van der Waals surface area contributed by atoms with E-state index in [2.05, 4.69) is 17.2 Å². The Morgan fingerprint density at radius 3 is 3.00 bits per heavy atom. The van der Waals surface area contributed by atoms with Crippen LogP contribution in [0.15, 0.2) is 12.1 Å². The molecule has 0 aromatic carbocycles. The molecule has 1 aliphatic carbocycles. The molecule has 2 rings (SSSR count). The van der Waals surface area contributed by atoms with Crippen molar-refractivity contribution in [1.82, 2.24) is 4.98 Å². The first kappa shape index (κ1) is 11.7. The summed E-state index contributed by atoms with van der Waals surface area (Å²) in [5, 5.41) is 3.27. The number of carbonyl (C=O) groups excluding carboxylic acids is 1. The number of anilines is 2. The van der Waals surface area contributed by atoms with Crippen LogP contribution in [0.3, 0.4) is 0 Å². The molecule has 1 saturated carbocycles. The Balaban J connectivity index is 2.05. The van der Waals surface area contributed by atoms with Crippen molar-refractivity contribution in [1.29, 1.82) is 0 Å². The van der Waals surface area contributed by atoms with Gasteiger partial charge in [0.25, 0.3) is 5.91 Å². The molecule has 1 aliphatic rings. The molecule has 0 spiro atoms. The van der Waals surface area contributed by atoms with E-state index in [1.54, 1.807) is 12.1 Å². The molecule has 0 radical (unpaired) electrons. The summed E-state index contributed by atoms with van der Waals surface area (Å²) in [7, 11) is 0. The number of nitrogen functional groups attached to an aromatic ring is 1. The average molecular weight is 234 g/mol. The highest BCUT2D eigenvalue weighted by Gasteiger charge is 2.36. The summed E-state index contributed by atoms with van der Waals surface area (Å²) in [4.78, 5) is 15.2. The number of amides is 1. The summed E-state index contributed by atoms with van der Waals surface area (Å²) < 4.78 is 0. The topological polar surface area (TPSA) is 94.0 Å². The highest BCUT2D eigenvalue weighted by Crippen LogP contribution is 2.37. The van der Waals surface area contributed by atoms with Crippen molar-refractivity contribution < 1.29 is 4.79 Å². The molecular formula is C12H18N4O. The highest BCUT2D eigenvalue weighted by atomic mass is 16.1. The molecule has 1 amide bonds. The van der Waals surface area contributed by atoms with E-state index in [4.69, 9.17) is 11.5 Å². The maximum atomic E-state index is 11.0. The summed E-state index contributed by atoms with van der Waals surface area (Å²) in [6.07, 6.45) is 3.55. The summed E-state index contributed by atoms with van der Waals surface area (Å²) in [6.45, 7) is 2.18. The van der Waals surface area contributed by atoms with E-state index in [-0.39, 0.29) is 5.69 Å². The first-order valence-electron chi connectivity index (χ1n) is 5.94. The maximum Gasteiger partial charge on any atom is 0.267 e. The molecule has 92 valence electrons. The lowest BCUT2D eigenvalue weighted by molar-refractivity contribution is 0.0996. The van der Waals surface area contributed by atoms with Crippen molar-refractivity contribution in [2.75, 3.05) is 11.1 Å². The number of aromatic nitrogens is 1. The zero-order valence-corrected chi connectivity index (χ0v) is 9.94. The number of rotatable bonds is 5. The molecular weight excluding hydrogens is 216 g/mol. The molecule has 2 unspecified atom stereocenters. The Bertz CT molecular complexity index is 433. The van der Waals surface area contributed by atoms with E-state index >= 15 is 0 Å². The van der Waals surface area contributed by atoms with Crippen molar-refractivity contribution in [3.63, 3.8) is 0 Å².